The fourth-order valence-corrected chi connectivity index (χ4v) is 4.19. The first-order valence-corrected chi connectivity index (χ1v) is 11.5. The Bertz CT molecular complexity index is 870. The predicted octanol–water partition coefficient (Wildman–Crippen LogP) is 3.07. The lowest BCUT2D eigenvalue weighted by atomic mass is 10.3. The Labute approximate surface area is 185 Å². The molecule has 1 aliphatic heterocycles. The third kappa shape index (κ3) is 5.89. The van der Waals surface area contributed by atoms with E-state index in [1.165, 1.54) is 11.8 Å². The van der Waals surface area contributed by atoms with Crippen molar-refractivity contribution in [1.29, 1.82) is 0 Å². The van der Waals surface area contributed by atoms with Crippen molar-refractivity contribution < 1.29 is 14.3 Å². The highest BCUT2D eigenvalue weighted by Gasteiger charge is 2.23. The molecule has 1 aromatic heterocycles. The molecule has 1 fully saturated rings. The lowest BCUT2D eigenvalue weighted by molar-refractivity contribution is -0.143. The number of halogens is 1. The molecule has 0 bridgehead atoms. The van der Waals surface area contributed by atoms with Crippen LogP contribution in [-0.2, 0) is 14.3 Å². The maximum Gasteiger partial charge on any atom is 0.305 e. The van der Waals surface area contributed by atoms with Gasteiger partial charge in [0.2, 0.25) is 11.9 Å². The highest BCUT2D eigenvalue weighted by Crippen LogP contribution is 2.31. The van der Waals surface area contributed by atoms with E-state index in [1.807, 2.05) is 28.8 Å². The number of anilines is 1. The molecule has 8 nitrogen and oxygen atoms in total. The quantitative estimate of drug-likeness (QED) is 0.337. The number of carbonyl (C=O) groups excluding carboxylic acids is 2. The third-order valence-corrected chi connectivity index (χ3v) is 5.86. The van der Waals surface area contributed by atoms with Crippen molar-refractivity contribution >= 4 is 41.2 Å². The first kappa shape index (κ1) is 22.4. The molecule has 0 saturated carbocycles. The average molecular weight is 452 g/mol. The number of para-hydroxylation sites is 1. The maximum absolute atomic E-state index is 12.2. The summed E-state index contributed by atoms with van der Waals surface area (Å²) in [5.74, 6) is 0.573. The monoisotopic (exact) mass is 451 g/mol. The molecule has 30 heavy (non-hydrogen) atoms. The minimum atomic E-state index is -0.247. The Morgan fingerprint density at radius 3 is 2.73 bits per heavy atom. The fraction of sp³-hybridized carbons (Fsp3) is 0.500. The number of rotatable bonds is 10. The molecule has 2 aromatic rings. The summed E-state index contributed by atoms with van der Waals surface area (Å²) in [6.07, 6.45) is 3.07. The van der Waals surface area contributed by atoms with E-state index in [4.69, 9.17) is 16.3 Å². The fourth-order valence-electron chi connectivity index (χ4n) is 3.20. The molecule has 10 heteroatoms. The van der Waals surface area contributed by atoms with E-state index in [1.54, 1.807) is 6.92 Å². The molecule has 1 saturated heterocycles. The number of thioether (sulfide) groups is 1. The van der Waals surface area contributed by atoms with Gasteiger partial charge in [-0.1, -0.05) is 35.5 Å². The SMILES string of the molecule is CCOC(=O)CCCNC(=O)CSc1nnc(N2CCCC2)n1-c1ccccc1Cl. The van der Waals surface area contributed by atoms with Crippen LogP contribution in [-0.4, -0.2) is 58.6 Å². The number of hydrogen-bond acceptors (Lipinski definition) is 7. The van der Waals surface area contributed by atoms with Gasteiger partial charge in [0.05, 0.1) is 23.1 Å². The first-order chi connectivity index (χ1) is 14.6. The number of esters is 1. The van der Waals surface area contributed by atoms with Crippen LogP contribution in [0.15, 0.2) is 29.4 Å². The molecule has 1 aliphatic rings. The summed E-state index contributed by atoms with van der Waals surface area (Å²) in [5, 5.41) is 12.7. The molecule has 2 heterocycles. The minimum Gasteiger partial charge on any atom is -0.466 e. The van der Waals surface area contributed by atoms with E-state index in [2.05, 4.69) is 20.4 Å². The van der Waals surface area contributed by atoms with Crippen molar-refractivity contribution in [2.75, 3.05) is 36.9 Å². The Morgan fingerprint density at radius 2 is 2.00 bits per heavy atom. The maximum atomic E-state index is 12.2. The van der Waals surface area contributed by atoms with Gasteiger partial charge >= 0.3 is 5.97 Å². The van der Waals surface area contributed by atoms with Crippen LogP contribution in [0.25, 0.3) is 5.69 Å². The van der Waals surface area contributed by atoms with E-state index >= 15 is 0 Å². The van der Waals surface area contributed by atoms with Crippen molar-refractivity contribution in [3.63, 3.8) is 0 Å². The van der Waals surface area contributed by atoms with Crippen molar-refractivity contribution in [2.45, 2.75) is 37.8 Å². The molecule has 0 radical (unpaired) electrons. The van der Waals surface area contributed by atoms with E-state index in [0.29, 0.717) is 36.2 Å². The summed E-state index contributed by atoms with van der Waals surface area (Å²) in [6.45, 7) is 4.41. The molecule has 0 unspecified atom stereocenters. The molecule has 3 rings (SSSR count). The van der Waals surface area contributed by atoms with Crippen LogP contribution in [0.5, 0.6) is 0 Å². The van der Waals surface area contributed by atoms with Crippen LogP contribution in [0.4, 0.5) is 5.95 Å². The normalized spacial score (nSPS) is 13.5. The van der Waals surface area contributed by atoms with Crippen molar-refractivity contribution in [2.24, 2.45) is 0 Å². The smallest absolute Gasteiger partial charge is 0.305 e. The standard InChI is InChI=1S/C20H26ClN5O3S/c1-2-29-18(28)10-7-11-22-17(27)14-30-20-24-23-19(25-12-5-6-13-25)26(20)16-9-4-3-8-15(16)21/h3-4,8-9H,2,5-7,10-14H2,1H3,(H,22,27). The van der Waals surface area contributed by atoms with Gasteiger partial charge in [-0.3, -0.25) is 14.2 Å². The minimum absolute atomic E-state index is 0.125. The summed E-state index contributed by atoms with van der Waals surface area (Å²) in [7, 11) is 0. The van der Waals surface area contributed by atoms with Gasteiger partial charge in [0.15, 0.2) is 5.16 Å². The van der Waals surface area contributed by atoms with Gasteiger partial charge in [0.1, 0.15) is 0 Å². The molecule has 1 amide bonds. The second kappa shape index (κ2) is 11.2. The summed E-state index contributed by atoms with van der Waals surface area (Å²) in [4.78, 5) is 25.8. The van der Waals surface area contributed by atoms with Crippen LogP contribution in [0.2, 0.25) is 5.02 Å². The number of hydrogen-bond donors (Lipinski definition) is 1. The number of carbonyl (C=O) groups is 2. The Hall–Kier alpha value is -2.26. The molecular formula is C20H26ClN5O3S. The number of nitrogens with zero attached hydrogens (tertiary/aromatic N) is 4. The highest BCUT2D eigenvalue weighted by molar-refractivity contribution is 7.99. The molecule has 1 aromatic carbocycles. The van der Waals surface area contributed by atoms with Gasteiger partial charge in [-0.25, -0.2) is 0 Å². The lowest BCUT2D eigenvalue weighted by Crippen LogP contribution is -2.27. The van der Waals surface area contributed by atoms with Crippen LogP contribution < -0.4 is 10.2 Å². The van der Waals surface area contributed by atoms with Gasteiger partial charge < -0.3 is 15.0 Å². The van der Waals surface area contributed by atoms with Gasteiger partial charge in [-0.15, -0.1) is 10.2 Å². The van der Waals surface area contributed by atoms with Crippen molar-refractivity contribution in [3.05, 3.63) is 29.3 Å². The van der Waals surface area contributed by atoms with Crippen LogP contribution >= 0.6 is 23.4 Å². The Balaban J connectivity index is 1.62. The summed E-state index contributed by atoms with van der Waals surface area (Å²) in [6, 6.07) is 7.54. The summed E-state index contributed by atoms with van der Waals surface area (Å²) >= 11 is 7.75. The summed E-state index contributed by atoms with van der Waals surface area (Å²) < 4.78 is 6.80. The van der Waals surface area contributed by atoms with Gasteiger partial charge in [-0.05, 0) is 38.3 Å². The average Bonchev–Trinajstić information content (AvgIpc) is 3.40. The topological polar surface area (TPSA) is 89.3 Å². The van der Waals surface area contributed by atoms with E-state index in [-0.39, 0.29) is 17.6 Å². The van der Waals surface area contributed by atoms with E-state index in [9.17, 15) is 9.59 Å². The lowest BCUT2D eigenvalue weighted by Gasteiger charge is -2.19. The zero-order valence-electron chi connectivity index (χ0n) is 17.0. The number of aromatic nitrogens is 3. The molecule has 162 valence electrons. The molecule has 0 spiro atoms. The third-order valence-electron chi connectivity index (χ3n) is 4.62. The van der Waals surface area contributed by atoms with Crippen molar-refractivity contribution in [3.8, 4) is 5.69 Å². The van der Waals surface area contributed by atoms with E-state index < -0.39 is 0 Å². The number of amides is 1. The Kier molecular flexibility index (Phi) is 8.39. The predicted molar refractivity (Wildman–Crippen MR) is 117 cm³/mol. The largest absolute Gasteiger partial charge is 0.466 e. The Morgan fingerprint density at radius 1 is 1.23 bits per heavy atom. The molecule has 0 atom stereocenters. The zero-order valence-corrected chi connectivity index (χ0v) is 18.5. The second-order valence-electron chi connectivity index (χ2n) is 6.81. The van der Waals surface area contributed by atoms with Gasteiger partial charge in [0, 0.05) is 26.1 Å². The zero-order chi connectivity index (χ0) is 21.3. The second-order valence-corrected chi connectivity index (χ2v) is 8.16. The van der Waals surface area contributed by atoms with Crippen LogP contribution in [0.3, 0.4) is 0 Å². The van der Waals surface area contributed by atoms with Gasteiger partial charge in [0.25, 0.3) is 0 Å². The highest BCUT2D eigenvalue weighted by atomic mass is 35.5. The molecule has 1 N–H and O–H groups in total. The number of ether oxygens (including phenoxy) is 1. The first-order valence-electron chi connectivity index (χ1n) is 10.1. The van der Waals surface area contributed by atoms with Gasteiger partial charge in [-0.2, -0.15) is 0 Å². The molecular weight excluding hydrogens is 426 g/mol. The summed E-state index contributed by atoms with van der Waals surface area (Å²) in [5.41, 5.74) is 0.795. The van der Waals surface area contributed by atoms with Crippen LogP contribution in [0, 0.1) is 0 Å². The van der Waals surface area contributed by atoms with Crippen LogP contribution in [0.1, 0.15) is 32.6 Å². The number of benzene rings is 1. The number of nitrogens with one attached hydrogen (secondary N) is 1. The van der Waals surface area contributed by atoms with Crippen molar-refractivity contribution in [1.82, 2.24) is 20.1 Å². The van der Waals surface area contributed by atoms with E-state index in [0.717, 1.165) is 37.6 Å². The molecule has 0 aliphatic carbocycles.